The van der Waals surface area contributed by atoms with Crippen molar-refractivity contribution in [2.24, 2.45) is 23.7 Å². The molecule has 2 fully saturated rings. The van der Waals surface area contributed by atoms with Crippen LogP contribution in [0.4, 0.5) is 0 Å². The van der Waals surface area contributed by atoms with Crippen LogP contribution >= 0.6 is 0 Å². The Morgan fingerprint density at radius 2 is 1.77 bits per heavy atom. The maximum absolute atomic E-state index is 12.2. The maximum atomic E-state index is 12.2. The third-order valence-electron chi connectivity index (χ3n) is 5.47. The van der Waals surface area contributed by atoms with E-state index in [0.717, 1.165) is 12.7 Å². The summed E-state index contributed by atoms with van der Waals surface area (Å²) in [5.41, 5.74) is 0. The Kier molecular flexibility index (Phi) is 4.64. The zero-order chi connectivity index (χ0) is 15.6. The van der Waals surface area contributed by atoms with Crippen LogP contribution in [-0.4, -0.2) is 21.2 Å². The first-order valence-electron chi connectivity index (χ1n) is 8.10. The highest BCUT2D eigenvalue weighted by Gasteiger charge is 2.46. The van der Waals surface area contributed by atoms with E-state index in [9.17, 15) is 13.2 Å². The van der Waals surface area contributed by atoms with Gasteiger partial charge >= 0.3 is 0 Å². The maximum Gasteiger partial charge on any atom is 0.240 e. The molecule has 0 aromatic heterocycles. The molecule has 1 aromatic rings. The quantitative estimate of drug-likeness (QED) is 0.785. The van der Waals surface area contributed by atoms with Gasteiger partial charge in [0.25, 0.3) is 0 Å². The van der Waals surface area contributed by atoms with Crippen molar-refractivity contribution in [2.75, 3.05) is 6.54 Å². The fourth-order valence-electron chi connectivity index (χ4n) is 4.50. The van der Waals surface area contributed by atoms with E-state index in [1.807, 2.05) is 0 Å². The summed E-state index contributed by atoms with van der Waals surface area (Å²) in [6, 6.07) is 8.47. The topological polar surface area (TPSA) is 63.2 Å². The normalized spacial score (nSPS) is 30.5. The first kappa shape index (κ1) is 15.7. The highest BCUT2D eigenvalue weighted by molar-refractivity contribution is 7.89. The van der Waals surface area contributed by atoms with Crippen LogP contribution in [0.1, 0.15) is 32.1 Å². The standard InChI is InChI=1S/C17H23NO3S/c19-11-9-17-14-7-6-13(12-14)16(17)8-10-18-22(20,21)15-4-2-1-3-5-15/h1-5,11,13-14,16-18H,6-10,12H2. The number of benzene rings is 1. The lowest BCUT2D eigenvalue weighted by atomic mass is 9.76. The van der Waals surface area contributed by atoms with Crippen molar-refractivity contribution in [3.8, 4) is 0 Å². The molecule has 4 nitrogen and oxygen atoms in total. The number of sulfonamides is 1. The Labute approximate surface area is 132 Å². The molecule has 0 amide bonds. The average Bonchev–Trinajstić information content (AvgIpc) is 3.11. The molecule has 4 atom stereocenters. The molecule has 4 unspecified atom stereocenters. The van der Waals surface area contributed by atoms with E-state index in [2.05, 4.69) is 4.72 Å². The molecule has 5 heteroatoms. The Morgan fingerprint density at radius 3 is 2.45 bits per heavy atom. The number of hydrogen-bond acceptors (Lipinski definition) is 3. The van der Waals surface area contributed by atoms with Crippen molar-refractivity contribution >= 4 is 16.3 Å². The largest absolute Gasteiger partial charge is 0.303 e. The van der Waals surface area contributed by atoms with E-state index in [0.29, 0.717) is 41.5 Å². The Hall–Kier alpha value is -1.20. The van der Waals surface area contributed by atoms with Crippen LogP contribution in [0.2, 0.25) is 0 Å². The summed E-state index contributed by atoms with van der Waals surface area (Å²) in [7, 11) is -3.41. The molecule has 2 saturated carbocycles. The third kappa shape index (κ3) is 3.10. The minimum absolute atomic E-state index is 0.312. The molecule has 120 valence electrons. The smallest absolute Gasteiger partial charge is 0.240 e. The van der Waals surface area contributed by atoms with Gasteiger partial charge in [-0.1, -0.05) is 18.2 Å². The number of hydrogen-bond donors (Lipinski definition) is 1. The van der Waals surface area contributed by atoms with Crippen LogP contribution in [0.15, 0.2) is 35.2 Å². The van der Waals surface area contributed by atoms with Gasteiger partial charge in [0, 0.05) is 13.0 Å². The fraction of sp³-hybridized carbons (Fsp3) is 0.588. The summed E-state index contributed by atoms with van der Waals surface area (Å²) in [6.45, 7) is 0.459. The molecule has 1 aromatic carbocycles. The van der Waals surface area contributed by atoms with E-state index >= 15 is 0 Å². The van der Waals surface area contributed by atoms with Gasteiger partial charge in [-0.05, 0) is 61.5 Å². The Bertz CT molecular complexity index is 614. The van der Waals surface area contributed by atoms with Gasteiger partial charge in [0.1, 0.15) is 6.29 Å². The zero-order valence-electron chi connectivity index (χ0n) is 12.6. The summed E-state index contributed by atoms with van der Waals surface area (Å²) < 4.78 is 27.1. The first-order valence-corrected chi connectivity index (χ1v) is 9.58. The van der Waals surface area contributed by atoms with Gasteiger partial charge in [0.05, 0.1) is 4.90 Å². The summed E-state index contributed by atoms with van der Waals surface area (Å²) in [4.78, 5) is 11.2. The van der Waals surface area contributed by atoms with E-state index in [1.54, 1.807) is 30.3 Å². The molecule has 2 aliphatic carbocycles. The van der Waals surface area contributed by atoms with Crippen LogP contribution in [0.25, 0.3) is 0 Å². The molecule has 2 aliphatic rings. The summed E-state index contributed by atoms with van der Waals surface area (Å²) in [5.74, 6) is 2.35. The second kappa shape index (κ2) is 6.50. The molecule has 22 heavy (non-hydrogen) atoms. The molecule has 3 rings (SSSR count). The van der Waals surface area contributed by atoms with Gasteiger partial charge in [0.15, 0.2) is 0 Å². The lowest BCUT2D eigenvalue weighted by Crippen LogP contribution is -2.30. The van der Waals surface area contributed by atoms with Crippen molar-refractivity contribution in [1.29, 1.82) is 0 Å². The SMILES string of the molecule is O=CCC1C2CCC(C2)C1CCNS(=O)(=O)c1ccccc1. The molecule has 0 radical (unpaired) electrons. The molecule has 0 aliphatic heterocycles. The van der Waals surface area contributed by atoms with Gasteiger partial charge < -0.3 is 4.79 Å². The Balaban J connectivity index is 1.58. The minimum atomic E-state index is -3.41. The van der Waals surface area contributed by atoms with Crippen LogP contribution < -0.4 is 4.72 Å². The van der Waals surface area contributed by atoms with E-state index in [-0.39, 0.29) is 0 Å². The van der Waals surface area contributed by atoms with Crippen LogP contribution in [-0.2, 0) is 14.8 Å². The summed E-state index contributed by atoms with van der Waals surface area (Å²) in [6.07, 6.45) is 6.23. The first-order chi connectivity index (χ1) is 10.6. The van der Waals surface area contributed by atoms with Crippen LogP contribution in [0, 0.1) is 23.7 Å². The fourth-order valence-corrected chi connectivity index (χ4v) is 5.57. The zero-order valence-corrected chi connectivity index (χ0v) is 13.5. The van der Waals surface area contributed by atoms with Crippen LogP contribution in [0.3, 0.4) is 0 Å². The van der Waals surface area contributed by atoms with Crippen molar-refractivity contribution in [3.05, 3.63) is 30.3 Å². The molecule has 0 saturated heterocycles. The Morgan fingerprint density at radius 1 is 1.09 bits per heavy atom. The van der Waals surface area contributed by atoms with E-state index in [4.69, 9.17) is 0 Å². The molecular weight excluding hydrogens is 298 g/mol. The highest BCUT2D eigenvalue weighted by Crippen LogP contribution is 2.54. The number of nitrogens with one attached hydrogen (secondary N) is 1. The molecule has 0 heterocycles. The van der Waals surface area contributed by atoms with Gasteiger partial charge in [-0.15, -0.1) is 0 Å². The second-order valence-corrected chi connectivity index (χ2v) is 8.33. The van der Waals surface area contributed by atoms with Crippen molar-refractivity contribution in [3.63, 3.8) is 0 Å². The van der Waals surface area contributed by atoms with Crippen LogP contribution in [0.5, 0.6) is 0 Å². The monoisotopic (exact) mass is 321 g/mol. The lowest BCUT2D eigenvalue weighted by Gasteiger charge is -2.30. The van der Waals surface area contributed by atoms with Gasteiger partial charge in [-0.2, -0.15) is 0 Å². The highest BCUT2D eigenvalue weighted by atomic mass is 32.2. The predicted molar refractivity (Wildman–Crippen MR) is 84.7 cm³/mol. The number of carbonyl (C=O) groups is 1. The predicted octanol–water partition coefficient (Wildman–Crippen LogP) is 2.61. The third-order valence-corrected chi connectivity index (χ3v) is 6.94. The van der Waals surface area contributed by atoms with E-state index < -0.39 is 10.0 Å². The van der Waals surface area contributed by atoms with Gasteiger partial charge in [0.2, 0.25) is 10.0 Å². The molecule has 1 N–H and O–H groups in total. The number of carbonyl (C=O) groups excluding carboxylic acids is 1. The van der Waals surface area contributed by atoms with Crippen molar-refractivity contribution in [1.82, 2.24) is 4.72 Å². The van der Waals surface area contributed by atoms with Gasteiger partial charge in [-0.25, -0.2) is 13.1 Å². The molecule has 0 spiro atoms. The molecular formula is C17H23NO3S. The number of aldehydes is 1. The summed E-state index contributed by atoms with van der Waals surface area (Å²) in [5, 5.41) is 0. The molecule has 2 bridgehead atoms. The average molecular weight is 321 g/mol. The summed E-state index contributed by atoms with van der Waals surface area (Å²) >= 11 is 0. The van der Waals surface area contributed by atoms with Crippen molar-refractivity contribution < 1.29 is 13.2 Å². The minimum Gasteiger partial charge on any atom is -0.303 e. The van der Waals surface area contributed by atoms with E-state index in [1.165, 1.54) is 19.3 Å². The lowest BCUT2D eigenvalue weighted by molar-refractivity contribution is -0.109. The number of rotatable bonds is 7. The second-order valence-electron chi connectivity index (χ2n) is 6.56. The van der Waals surface area contributed by atoms with Gasteiger partial charge in [-0.3, -0.25) is 0 Å². The number of fused-ring (bicyclic) bond motifs is 2. The van der Waals surface area contributed by atoms with Crippen molar-refractivity contribution in [2.45, 2.75) is 37.0 Å².